The van der Waals surface area contributed by atoms with Crippen molar-refractivity contribution in [3.8, 4) is 16.5 Å². The van der Waals surface area contributed by atoms with Crippen LogP contribution < -0.4 is 4.74 Å². The van der Waals surface area contributed by atoms with Crippen LogP contribution in [-0.4, -0.2) is 33.6 Å². The zero-order valence-electron chi connectivity index (χ0n) is 14.4. The van der Waals surface area contributed by atoms with Crippen molar-refractivity contribution in [2.24, 2.45) is 0 Å². The first-order valence-electron chi connectivity index (χ1n) is 8.14. The molecule has 2 heterocycles. The lowest BCUT2D eigenvalue weighted by Gasteiger charge is -2.23. The van der Waals surface area contributed by atoms with E-state index < -0.39 is 6.10 Å². The summed E-state index contributed by atoms with van der Waals surface area (Å²) in [7, 11) is 0. The highest BCUT2D eigenvalue weighted by Gasteiger charge is 2.23. The molecule has 0 aliphatic rings. The quantitative estimate of drug-likeness (QED) is 0.601. The van der Waals surface area contributed by atoms with Gasteiger partial charge in [-0.2, -0.15) is 4.98 Å². The second kappa shape index (κ2) is 8.33. The molecule has 0 aliphatic heterocycles. The van der Waals surface area contributed by atoms with E-state index in [0.717, 1.165) is 4.88 Å². The molecule has 0 radical (unpaired) electrons. The Morgan fingerprint density at radius 3 is 2.92 bits per heavy atom. The van der Waals surface area contributed by atoms with Crippen LogP contribution in [0.15, 0.2) is 46.3 Å². The minimum Gasteiger partial charge on any atom is -0.481 e. The number of carbonyl (C=O) groups excluding carboxylic acids is 1. The molecule has 3 rings (SSSR count). The molecule has 2 aromatic heterocycles. The molecule has 136 valence electrons. The smallest absolute Gasteiger partial charge is 0.263 e. The summed E-state index contributed by atoms with van der Waals surface area (Å²) in [4.78, 5) is 19.6. The number of aromatic nitrogens is 2. The number of carbonyl (C=O) groups is 1. The van der Waals surface area contributed by atoms with Gasteiger partial charge in [-0.3, -0.25) is 4.79 Å². The third-order valence-corrected chi connectivity index (χ3v) is 4.79. The molecule has 0 unspecified atom stereocenters. The molecule has 0 fully saturated rings. The predicted molar refractivity (Wildman–Crippen MR) is 100 cm³/mol. The van der Waals surface area contributed by atoms with Gasteiger partial charge in [-0.05, 0) is 43.5 Å². The summed E-state index contributed by atoms with van der Waals surface area (Å²) in [5.74, 6) is 1.30. The summed E-state index contributed by atoms with van der Waals surface area (Å²) in [6.07, 6.45) is -0.659. The predicted octanol–water partition coefficient (Wildman–Crippen LogP) is 4.27. The van der Waals surface area contributed by atoms with Crippen molar-refractivity contribution < 1.29 is 14.1 Å². The van der Waals surface area contributed by atoms with Gasteiger partial charge in [0.05, 0.1) is 4.88 Å². The number of amides is 1. The van der Waals surface area contributed by atoms with Crippen molar-refractivity contribution >= 4 is 28.8 Å². The lowest BCUT2D eigenvalue weighted by atomic mass is 10.3. The topological polar surface area (TPSA) is 68.5 Å². The molecule has 1 atom stereocenters. The van der Waals surface area contributed by atoms with E-state index in [1.165, 1.54) is 11.3 Å². The van der Waals surface area contributed by atoms with Crippen molar-refractivity contribution in [2.75, 3.05) is 6.54 Å². The van der Waals surface area contributed by atoms with Crippen LogP contribution in [0.4, 0.5) is 0 Å². The van der Waals surface area contributed by atoms with Crippen LogP contribution in [0.5, 0.6) is 5.75 Å². The van der Waals surface area contributed by atoms with E-state index in [1.807, 2.05) is 24.4 Å². The Morgan fingerprint density at radius 1 is 1.38 bits per heavy atom. The maximum atomic E-state index is 12.7. The fraction of sp³-hybridized carbons (Fsp3) is 0.278. The maximum absolute atomic E-state index is 12.7. The molecule has 1 amide bonds. The molecular formula is C18H18ClN3O3S. The number of likely N-dealkylation sites (N-methyl/N-ethyl adjacent to an activating group) is 1. The van der Waals surface area contributed by atoms with Crippen molar-refractivity contribution in [3.05, 3.63) is 52.7 Å². The lowest BCUT2D eigenvalue weighted by molar-refractivity contribution is -0.138. The first kappa shape index (κ1) is 18.4. The largest absolute Gasteiger partial charge is 0.481 e. The highest BCUT2D eigenvalue weighted by molar-refractivity contribution is 7.13. The number of rotatable bonds is 7. The number of hydrogen-bond donors (Lipinski definition) is 0. The molecule has 1 aromatic carbocycles. The van der Waals surface area contributed by atoms with Gasteiger partial charge in [0.25, 0.3) is 5.91 Å². The average Bonchev–Trinajstić information content (AvgIpc) is 3.30. The molecule has 6 nitrogen and oxygen atoms in total. The van der Waals surface area contributed by atoms with Gasteiger partial charge in [-0.1, -0.05) is 28.9 Å². The van der Waals surface area contributed by atoms with Gasteiger partial charge in [0.2, 0.25) is 11.7 Å². The third kappa shape index (κ3) is 4.42. The molecule has 3 aromatic rings. The summed E-state index contributed by atoms with van der Waals surface area (Å²) in [5.41, 5.74) is 0. The zero-order chi connectivity index (χ0) is 18.5. The van der Waals surface area contributed by atoms with Crippen LogP contribution in [0.1, 0.15) is 19.7 Å². The SMILES string of the molecule is CCN(Cc1nc(-c2cccs2)no1)C(=O)[C@@H](C)Oc1cccc(Cl)c1. The Bertz CT molecular complexity index is 866. The van der Waals surface area contributed by atoms with Crippen LogP contribution in [-0.2, 0) is 11.3 Å². The Kier molecular flexibility index (Phi) is 5.90. The Morgan fingerprint density at radius 2 is 2.23 bits per heavy atom. The summed E-state index contributed by atoms with van der Waals surface area (Å²) in [5, 5.41) is 6.47. The van der Waals surface area contributed by atoms with Gasteiger partial charge in [0.1, 0.15) is 12.3 Å². The second-order valence-electron chi connectivity index (χ2n) is 5.56. The van der Waals surface area contributed by atoms with Gasteiger partial charge in [-0.15, -0.1) is 11.3 Å². The summed E-state index contributed by atoms with van der Waals surface area (Å²) < 4.78 is 11.0. The highest BCUT2D eigenvalue weighted by Crippen LogP contribution is 2.22. The van der Waals surface area contributed by atoms with E-state index >= 15 is 0 Å². The first-order chi connectivity index (χ1) is 12.6. The molecular weight excluding hydrogens is 374 g/mol. The fourth-order valence-corrected chi connectivity index (χ4v) is 3.22. The minimum atomic E-state index is -0.659. The summed E-state index contributed by atoms with van der Waals surface area (Å²) >= 11 is 7.48. The number of hydrogen-bond acceptors (Lipinski definition) is 6. The average molecular weight is 392 g/mol. The molecule has 0 N–H and O–H groups in total. The highest BCUT2D eigenvalue weighted by atomic mass is 35.5. The maximum Gasteiger partial charge on any atom is 0.263 e. The van der Waals surface area contributed by atoms with E-state index in [9.17, 15) is 4.79 Å². The van der Waals surface area contributed by atoms with Gasteiger partial charge in [-0.25, -0.2) is 0 Å². The van der Waals surface area contributed by atoms with E-state index in [4.69, 9.17) is 20.9 Å². The Labute approximate surface area is 160 Å². The molecule has 8 heteroatoms. The van der Waals surface area contributed by atoms with Crippen molar-refractivity contribution in [1.82, 2.24) is 15.0 Å². The number of benzene rings is 1. The number of nitrogens with zero attached hydrogens (tertiary/aromatic N) is 3. The Balaban J connectivity index is 1.65. The zero-order valence-corrected chi connectivity index (χ0v) is 16.0. The van der Waals surface area contributed by atoms with Crippen molar-refractivity contribution in [3.63, 3.8) is 0 Å². The second-order valence-corrected chi connectivity index (χ2v) is 6.94. The van der Waals surface area contributed by atoms with E-state index in [1.54, 1.807) is 36.1 Å². The van der Waals surface area contributed by atoms with E-state index in [-0.39, 0.29) is 12.5 Å². The lowest BCUT2D eigenvalue weighted by Crippen LogP contribution is -2.40. The first-order valence-corrected chi connectivity index (χ1v) is 9.40. The standard InChI is InChI=1S/C18H18ClN3O3S/c1-3-22(11-16-20-17(21-25-16)15-8-5-9-26-15)18(23)12(2)24-14-7-4-6-13(19)10-14/h4-10,12H,3,11H2,1-2H3/t12-/m1/s1. The molecule has 0 aliphatic carbocycles. The van der Waals surface area contributed by atoms with Gasteiger partial charge in [0, 0.05) is 11.6 Å². The minimum absolute atomic E-state index is 0.164. The Hall–Kier alpha value is -2.38. The third-order valence-electron chi connectivity index (χ3n) is 3.69. The summed E-state index contributed by atoms with van der Waals surface area (Å²) in [6, 6.07) is 10.8. The van der Waals surface area contributed by atoms with Crippen molar-refractivity contribution in [1.29, 1.82) is 0 Å². The van der Waals surface area contributed by atoms with Crippen LogP contribution in [0, 0.1) is 0 Å². The van der Waals surface area contributed by atoms with Crippen LogP contribution in [0.25, 0.3) is 10.7 Å². The molecule has 0 bridgehead atoms. The monoisotopic (exact) mass is 391 g/mol. The number of thiophene rings is 1. The van der Waals surface area contributed by atoms with Gasteiger partial charge < -0.3 is 14.2 Å². The molecule has 26 heavy (non-hydrogen) atoms. The van der Waals surface area contributed by atoms with Crippen LogP contribution in [0.2, 0.25) is 5.02 Å². The van der Waals surface area contributed by atoms with Gasteiger partial charge in [0.15, 0.2) is 6.10 Å². The van der Waals surface area contributed by atoms with E-state index in [0.29, 0.717) is 29.0 Å². The number of halogens is 1. The van der Waals surface area contributed by atoms with Gasteiger partial charge >= 0.3 is 0 Å². The fourth-order valence-electron chi connectivity index (χ4n) is 2.39. The van der Waals surface area contributed by atoms with Crippen LogP contribution in [0.3, 0.4) is 0 Å². The molecule has 0 saturated carbocycles. The summed E-state index contributed by atoms with van der Waals surface area (Å²) in [6.45, 7) is 4.33. The molecule has 0 saturated heterocycles. The number of ether oxygens (including phenoxy) is 1. The van der Waals surface area contributed by atoms with Crippen molar-refractivity contribution in [2.45, 2.75) is 26.5 Å². The van der Waals surface area contributed by atoms with Crippen LogP contribution >= 0.6 is 22.9 Å². The van der Waals surface area contributed by atoms with E-state index in [2.05, 4.69) is 10.1 Å². The molecule has 0 spiro atoms. The normalized spacial score (nSPS) is 12.0.